The molecule has 0 unspecified atom stereocenters. The lowest BCUT2D eigenvalue weighted by Gasteiger charge is -2.05. The number of fused-ring (bicyclic) bond motifs is 1. The summed E-state index contributed by atoms with van der Waals surface area (Å²) in [5, 5.41) is 8.24. The van der Waals surface area contributed by atoms with Crippen LogP contribution in [-0.2, 0) is 4.79 Å². The maximum absolute atomic E-state index is 12.2. The molecule has 1 amide bonds. The normalized spacial score (nSPS) is 10.9. The van der Waals surface area contributed by atoms with Crippen molar-refractivity contribution in [2.24, 2.45) is 0 Å². The number of benzene rings is 2. The van der Waals surface area contributed by atoms with Gasteiger partial charge >= 0.3 is 0 Å². The van der Waals surface area contributed by atoms with Gasteiger partial charge in [0.05, 0.1) is 17.6 Å². The van der Waals surface area contributed by atoms with Crippen molar-refractivity contribution in [2.45, 2.75) is 11.9 Å². The number of rotatable bonds is 5. The Hall–Kier alpha value is -3.12. The first-order valence-electron chi connectivity index (χ1n) is 8.58. The Morgan fingerprint density at radius 3 is 2.74 bits per heavy atom. The van der Waals surface area contributed by atoms with Gasteiger partial charge < -0.3 is 5.32 Å². The predicted octanol–water partition coefficient (Wildman–Crippen LogP) is 4.44. The summed E-state index contributed by atoms with van der Waals surface area (Å²) in [5.41, 5.74) is 4.63. The fourth-order valence-corrected chi connectivity index (χ4v) is 3.41. The zero-order valence-electron chi connectivity index (χ0n) is 14.8. The Bertz CT molecular complexity index is 1090. The number of aromatic nitrogens is 3. The second-order valence-electron chi connectivity index (χ2n) is 6.17. The van der Waals surface area contributed by atoms with E-state index in [0.29, 0.717) is 5.75 Å². The third kappa shape index (κ3) is 4.17. The fourth-order valence-electron chi connectivity index (χ4n) is 2.75. The first kappa shape index (κ1) is 17.3. The Morgan fingerprint density at radius 2 is 1.93 bits per heavy atom. The van der Waals surface area contributed by atoms with Crippen LogP contribution in [0.25, 0.3) is 16.9 Å². The molecular weight excluding hydrogens is 356 g/mol. The van der Waals surface area contributed by atoms with Crippen LogP contribution in [0.5, 0.6) is 0 Å². The number of thioether (sulfide) groups is 1. The SMILES string of the molecule is Cc1cccc(NC(=O)CSc2ccc3nc(-c4ccccc4)cn3n2)c1. The van der Waals surface area contributed by atoms with Crippen molar-refractivity contribution in [1.29, 1.82) is 0 Å². The van der Waals surface area contributed by atoms with E-state index >= 15 is 0 Å². The molecule has 0 spiro atoms. The van der Waals surface area contributed by atoms with Gasteiger partial charge in [0.25, 0.3) is 0 Å². The molecule has 27 heavy (non-hydrogen) atoms. The second-order valence-corrected chi connectivity index (χ2v) is 7.17. The van der Waals surface area contributed by atoms with E-state index < -0.39 is 0 Å². The van der Waals surface area contributed by atoms with Gasteiger partial charge in [0.1, 0.15) is 5.03 Å². The smallest absolute Gasteiger partial charge is 0.234 e. The van der Waals surface area contributed by atoms with Gasteiger partial charge in [-0.1, -0.05) is 54.2 Å². The van der Waals surface area contributed by atoms with Crippen LogP contribution in [0.2, 0.25) is 0 Å². The van der Waals surface area contributed by atoms with Gasteiger partial charge in [-0.2, -0.15) is 5.10 Å². The highest BCUT2D eigenvalue weighted by atomic mass is 32.2. The molecule has 0 aliphatic rings. The van der Waals surface area contributed by atoms with Crippen LogP contribution in [-0.4, -0.2) is 26.3 Å². The van der Waals surface area contributed by atoms with Crippen LogP contribution in [0.1, 0.15) is 5.56 Å². The zero-order chi connectivity index (χ0) is 18.6. The van der Waals surface area contributed by atoms with E-state index in [9.17, 15) is 4.79 Å². The topological polar surface area (TPSA) is 59.3 Å². The number of aryl methyl sites for hydroxylation is 1. The van der Waals surface area contributed by atoms with Gasteiger partial charge in [-0.15, -0.1) is 0 Å². The molecule has 0 saturated heterocycles. The number of nitrogens with one attached hydrogen (secondary N) is 1. The number of amides is 1. The summed E-state index contributed by atoms with van der Waals surface area (Å²) in [6.07, 6.45) is 1.90. The van der Waals surface area contributed by atoms with Crippen molar-refractivity contribution < 1.29 is 4.79 Å². The minimum atomic E-state index is -0.0527. The molecule has 2 heterocycles. The van der Waals surface area contributed by atoms with E-state index in [1.807, 2.05) is 79.9 Å². The molecule has 0 fully saturated rings. The van der Waals surface area contributed by atoms with Crippen LogP contribution < -0.4 is 5.32 Å². The highest BCUT2D eigenvalue weighted by Gasteiger charge is 2.08. The summed E-state index contributed by atoms with van der Waals surface area (Å²) in [4.78, 5) is 16.8. The van der Waals surface area contributed by atoms with Crippen LogP contribution in [0, 0.1) is 6.92 Å². The van der Waals surface area contributed by atoms with Crippen molar-refractivity contribution in [3.63, 3.8) is 0 Å². The Kier molecular flexibility index (Phi) is 4.89. The standard InChI is InChI=1S/C21H18N4OS/c1-15-6-5-9-17(12-15)22-20(26)14-27-21-11-10-19-23-18(13-25(19)24-21)16-7-3-2-4-8-16/h2-13H,14H2,1H3,(H,22,26). The Labute approximate surface area is 161 Å². The molecule has 2 aromatic carbocycles. The first-order valence-corrected chi connectivity index (χ1v) is 9.57. The molecule has 0 aliphatic carbocycles. The summed E-state index contributed by atoms with van der Waals surface area (Å²) >= 11 is 1.40. The van der Waals surface area contributed by atoms with E-state index in [1.54, 1.807) is 4.52 Å². The molecule has 2 aromatic heterocycles. The minimum Gasteiger partial charge on any atom is -0.325 e. The molecule has 1 N–H and O–H groups in total. The van der Waals surface area contributed by atoms with Gasteiger partial charge in [-0.25, -0.2) is 9.50 Å². The fraction of sp³-hybridized carbons (Fsp3) is 0.0952. The lowest BCUT2D eigenvalue weighted by molar-refractivity contribution is -0.113. The monoisotopic (exact) mass is 374 g/mol. The molecule has 134 valence electrons. The molecule has 0 atom stereocenters. The average Bonchev–Trinajstić information content (AvgIpc) is 3.10. The largest absolute Gasteiger partial charge is 0.325 e. The minimum absolute atomic E-state index is 0.0527. The molecule has 0 radical (unpaired) electrons. The predicted molar refractivity (Wildman–Crippen MR) is 109 cm³/mol. The van der Waals surface area contributed by atoms with Crippen molar-refractivity contribution in [1.82, 2.24) is 14.6 Å². The molecule has 0 aliphatic heterocycles. The highest BCUT2D eigenvalue weighted by molar-refractivity contribution is 7.99. The molecule has 6 heteroatoms. The van der Waals surface area contributed by atoms with Gasteiger partial charge in [-0.3, -0.25) is 4.79 Å². The van der Waals surface area contributed by atoms with E-state index in [4.69, 9.17) is 0 Å². The Balaban J connectivity index is 1.44. The summed E-state index contributed by atoms with van der Waals surface area (Å²) < 4.78 is 1.75. The highest BCUT2D eigenvalue weighted by Crippen LogP contribution is 2.21. The number of hydrogen-bond acceptors (Lipinski definition) is 4. The van der Waals surface area contributed by atoms with E-state index in [-0.39, 0.29) is 5.91 Å². The summed E-state index contributed by atoms with van der Waals surface area (Å²) in [7, 11) is 0. The van der Waals surface area contributed by atoms with Crippen LogP contribution >= 0.6 is 11.8 Å². The van der Waals surface area contributed by atoms with Crippen molar-refractivity contribution in [3.8, 4) is 11.3 Å². The summed E-state index contributed by atoms with van der Waals surface area (Å²) in [6, 6.07) is 21.6. The summed E-state index contributed by atoms with van der Waals surface area (Å²) in [6.45, 7) is 2.00. The zero-order valence-corrected chi connectivity index (χ0v) is 15.6. The van der Waals surface area contributed by atoms with Crippen molar-refractivity contribution in [3.05, 3.63) is 78.5 Å². The van der Waals surface area contributed by atoms with Crippen LogP contribution in [0.3, 0.4) is 0 Å². The number of carbonyl (C=O) groups excluding carboxylic acids is 1. The lowest BCUT2D eigenvalue weighted by Crippen LogP contribution is -2.14. The number of hydrogen-bond donors (Lipinski definition) is 1. The van der Waals surface area contributed by atoms with E-state index in [0.717, 1.165) is 33.2 Å². The Morgan fingerprint density at radius 1 is 1.07 bits per heavy atom. The first-order chi connectivity index (χ1) is 13.2. The van der Waals surface area contributed by atoms with Crippen molar-refractivity contribution in [2.75, 3.05) is 11.1 Å². The maximum atomic E-state index is 12.2. The molecule has 4 aromatic rings. The van der Waals surface area contributed by atoms with Gasteiger partial charge in [0.15, 0.2) is 5.65 Å². The number of nitrogens with zero attached hydrogens (tertiary/aromatic N) is 3. The second kappa shape index (κ2) is 7.63. The molecule has 4 rings (SSSR count). The summed E-state index contributed by atoms with van der Waals surface area (Å²) in [5.74, 6) is 0.246. The number of carbonyl (C=O) groups is 1. The van der Waals surface area contributed by atoms with Gasteiger partial charge in [-0.05, 0) is 36.8 Å². The lowest BCUT2D eigenvalue weighted by atomic mass is 10.2. The molecular formula is C21H18N4OS. The van der Waals surface area contributed by atoms with E-state index in [1.165, 1.54) is 11.8 Å². The number of imidazole rings is 1. The maximum Gasteiger partial charge on any atom is 0.234 e. The molecule has 0 bridgehead atoms. The van der Waals surface area contributed by atoms with Gasteiger partial charge in [0.2, 0.25) is 5.91 Å². The van der Waals surface area contributed by atoms with Crippen LogP contribution in [0.4, 0.5) is 5.69 Å². The van der Waals surface area contributed by atoms with Gasteiger partial charge in [0, 0.05) is 11.3 Å². The molecule has 5 nitrogen and oxygen atoms in total. The number of anilines is 1. The third-order valence-electron chi connectivity index (χ3n) is 4.02. The third-order valence-corrected chi connectivity index (χ3v) is 4.94. The van der Waals surface area contributed by atoms with Crippen molar-refractivity contribution >= 4 is 29.0 Å². The molecule has 0 saturated carbocycles. The average molecular weight is 374 g/mol. The van der Waals surface area contributed by atoms with Crippen LogP contribution in [0.15, 0.2) is 78.0 Å². The van der Waals surface area contributed by atoms with E-state index in [2.05, 4.69) is 15.4 Å². The quantitative estimate of drug-likeness (QED) is 0.525.